The van der Waals surface area contributed by atoms with E-state index in [1.165, 1.54) is 15.2 Å². The van der Waals surface area contributed by atoms with Crippen LogP contribution in [-0.4, -0.2) is 63.8 Å². The number of hydrogen-bond acceptors (Lipinski definition) is 7. The lowest BCUT2D eigenvalue weighted by atomic mass is 10.1. The molecule has 2 aromatic rings. The van der Waals surface area contributed by atoms with Gasteiger partial charge in [0.15, 0.2) is 0 Å². The molecule has 0 spiro atoms. The van der Waals surface area contributed by atoms with Crippen molar-refractivity contribution < 1.29 is 13.2 Å². The van der Waals surface area contributed by atoms with Crippen molar-refractivity contribution in [3.63, 3.8) is 0 Å². The lowest BCUT2D eigenvalue weighted by molar-refractivity contribution is -0.125. The summed E-state index contributed by atoms with van der Waals surface area (Å²) < 4.78 is 26.3. The summed E-state index contributed by atoms with van der Waals surface area (Å²) in [6.07, 6.45) is 7.72. The predicted octanol–water partition coefficient (Wildman–Crippen LogP) is 0.705. The molecule has 1 aliphatic rings. The van der Waals surface area contributed by atoms with E-state index in [2.05, 4.69) is 20.4 Å². The number of piperidine rings is 1. The number of carbonyl (C=O) groups excluding carboxylic acids is 1. The van der Waals surface area contributed by atoms with Crippen molar-refractivity contribution in [2.24, 2.45) is 5.73 Å². The summed E-state index contributed by atoms with van der Waals surface area (Å²) in [7, 11) is -3.15. The second-order valence-corrected chi connectivity index (χ2v) is 9.89. The zero-order valence-corrected chi connectivity index (χ0v) is 17.9. The van der Waals surface area contributed by atoms with Crippen LogP contribution in [0.4, 0.5) is 5.95 Å². The van der Waals surface area contributed by atoms with Gasteiger partial charge in [-0.15, -0.1) is 0 Å². The maximum absolute atomic E-state index is 11.7. The molecule has 1 amide bonds. The topological polar surface area (TPSA) is 136 Å². The quantitative estimate of drug-likeness (QED) is 0.701. The average molecular weight is 422 g/mol. The van der Waals surface area contributed by atoms with E-state index < -0.39 is 21.5 Å². The van der Waals surface area contributed by atoms with Crippen LogP contribution in [0.3, 0.4) is 0 Å². The lowest BCUT2D eigenvalue weighted by Gasteiger charge is -2.30. The molecule has 3 N–H and O–H groups in total. The summed E-state index contributed by atoms with van der Waals surface area (Å²) in [6, 6.07) is 0.0973. The molecule has 0 atom stereocenters. The molecule has 1 aliphatic heterocycles. The minimum absolute atomic E-state index is 0.0973. The molecule has 0 aromatic carbocycles. The van der Waals surface area contributed by atoms with Gasteiger partial charge in [-0.3, -0.25) is 9.48 Å². The number of nitrogens with zero attached hydrogens (tertiary/aromatic N) is 5. The van der Waals surface area contributed by atoms with Crippen LogP contribution in [0.2, 0.25) is 0 Å². The van der Waals surface area contributed by atoms with Crippen LogP contribution in [-0.2, 0) is 20.4 Å². The Labute approximate surface area is 170 Å². The Kier molecular flexibility index (Phi) is 5.63. The highest BCUT2D eigenvalue weighted by Gasteiger charge is 2.29. The first kappa shape index (κ1) is 21.2. The molecule has 0 radical (unpaired) electrons. The highest BCUT2D eigenvalue weighted by Crippen LogP contribution is 2.25. The van der Waals surface area contributed by atoms with E-state index in [1.54, 1.807) is 32.4 Å². The third kappa shape index (κ3) is 4.56. The van der Waals surface area contributed by atoms with Crippen molar-refractivity contribution in [3.05, 3.63) is 24.2 Å². The summed E-state index contributed by atoms with van der Waals surface area (Å²) >= 11 is 0. The van der Waals surface area contributed by atoms with E-state index >= 15 is 0 Å². The normalized spacial score (nSPS) is 16.7. The zero-order chi connectivity index (χ0) is 21.4. The Balaban J connectivity index is 1.76. The molecule has 0 aliphatic carbocycles. The van der Waals surface area contributed by atoms with Crippen LogP contribution < -0.4 is 11.1 Å². The Hall–Kier alpha value is -2.53. The number of anilines is 1. The number of sulfonamides is 1. The average Bonchev–Trinajstić information content (AvgIpc) is 3.13. The predicted molar refractivity (Wildman–Crippen MR) is 110 cm³/mol. The van der Waals surface area contributed by atoms with Gasteiger partial charge in [-0.1, -0.05) is 0 Å². The van der Waals surface area contributed by atoms with E-state index in [4.69, 9.17) is 5.73 Å². The van der Waals surface area contributed by atoms with Gasteiger partial charge in [0.1, 0.15) is 5.54 Å². The number of carbonyl (C=O) groups is 1. The molecule has 10 nitrogen and oxygen atoms in total. The Morgan fingerprint density at radius 2 is 1.93 bits per heavy atom. The Bertz CT molecular complexity index is 1010. The molecular formula is C18H27N7O3S. The maximum atomic E-state index is 11.7. The molecule has 0 unspecified atom stereocenters. The standard InChI is InChI=1S/C18H27N7O3S/c1-12-9-20-17(22-14-5-7-24(8-6-14)29(4,27)28)23-15(12)13-10-21-25(11-13)18(2,3)16(19)26/h9-11,14H,5-8H2,1-4H3,(H2,19,26)(H,20,22,23). The lowest BCUT2D eigenvalue weighted by Crippen LogP contribution is -2.42. The van der Waals surface area contributed by atoms with Gasteiger partial charge in [0.25, 0.3) is 0 Å². The van der Waals surface area contributed by atoms with Gasteiger partial charge in [-0.2, -0.15) is 5.10 Å². The molecular weight excluding hydrogens is 394 g/mol. The molecule has 1 saturated heterocycles. The first-order valence-corrected chi connectivity index (χ1v) is 11.2. The van der Waals surface area contributed by atoms with Gasteiger partial charge in [0, 0.05) is 37.1 Å². The number of amides is 1. The molecule has 0 saturated carbocycles. The second kappa shape index (κ2) is 7.71. The molecule has 3 heterocycles. The first-order valence-electron chi connectivity index (χ1n) is 9.39. The van der Waals surface area contributed by atoms with Crippen LogP contribution in [0.1, 0.15) is 32.3 Å². The van der Waals surface area contributed by atoms with E-state index in [0.717, 1.165) is 11.1 Å². The van der Waals surface area contributed by atoms with Crippen molar-refractivity contribution in [1.29, 1.82) is 0 Å². The van der Waals surface area contributed by atoms with Gasteiger partial charge in [-0.05, 0) is 39.2 Å². The van der Waals surface area contributed by atoms with E-state index in [1.807, 2.05) is 6.92 Å². The number of nitrogens with one attached hydrogen (secondary N) is 1. The van der Waals surface area contributed by atoms with Gasteiger partial charge < -0.3 is 11.1 Å². The fourth-order valence-electron chi connectivity index (χ4n) is 3.18. The summed E-state index contributed by atoms with van der Waals surface area (Å²) in [5.74, 6) is -0.000307. The number of aryl methyl sites for hydroxylation is 1. The van der Waals surface area contributed by atoms with Crippen molar-refractivity contribution in [2.45, 2.75) is 45.2 Å². The Morgan fingerprint density at radius 3 is 2.52 bits per heavy atom. The monoisotopic (exact) mass is 421 g/mol. The third-order valence-electron chi connectivity index (χ3n) is 5.26. The van der Waals surface area contributed by atoms with E-state index in [9.17, 15) is 13.2 Å². The number of primary amides is 1. The molecule has 1 fully saturated rings. The summed E-state index contributed by atoms with van der Waals surface area (Å²) in [4.78, 5) is 20.7. The minimum Gasteiger partial charge on any atom is -0.368 e. The number of aromatic nitrogens is 4. The van der Waals surface area contributed by atoms with Gasteiger partial charge in [-0.25, -0.2) is 22.7 Å². The smallest absolute Gasteiger partial charge is 0.244 e. The second-order valence-electron chi connectivity index (χ2n) is 7.90. The third-order valence-corrected chi connectivity index (χ3v) is 6.56. The highest BCUT2D eigenvalue weighted by molar-refractivity contribution is 7.88. The molecule has 11 heteroatoms. The van der Waals surface area contributed by atoms with Crippen LogP contribution in [0, 0.1) is 6.92 Å². The molecule has 2 aromatic heterocycles. The van der Waals surface area contributed by atoms with Crippen LogP contribution in [0.15, 0.2) is 18.6 Å². The fourth-order valence-corrected chi connectivity index (χ4v) is 4.06. The van der Waals surface area contributed by atoms with Gasteiger partial charge in [0.2, 0.25) is 21.9 Å². The molecule has 158 valence electrons. The van der Waals surface area contributed by atoms with E-state index in [0.29, 0.717) is 37.6 Å². The number of hydrogen-bond donors (Lipinski definition) is 2. The molecule has 0 bridgehead atoms. The minimum atomic E-state index is -3.15. The van der Waals surface area contributed by atoms with E-state index in [-0.39, 0.29) is 6.04 Å². The van der Waals surface area contributed by atoms with Crippen molar-refractivity contribution in [2.75, 3.05) is 24.7 Å². The summed E-state index contributed by atoms with van der Waals surface area (Å²) in [6.45, 7) is 6.26. The van der Waals surface area contributed by atoms with Gasteiger partial charge >= 0.3 is 0 Å². The first-order chi connectivity index (χ1) is 13.5. The van der Waals surface area contributed by atoms with Crippen LogP contribution in [0.5, 0.6) is 0 Å². The largest absolute Gasteiger partial charge is 0.368 e. The maximum Gasteiger partial charge on any atom is 0.244 e. The zero-order valence-electron chi connectivity index (χ0n) is 17.1. The van der Waals surface area contributed by atoms with Crippen molar-refractivity contribution in [1.82, 2.24) is 24.1 Å². The van der Waals surface area contributed by atoms with Crippen LogP contribution in [0.25, 0.3) is 11.3 Å². The molecule has 3 rings (SSSR count). The summed E-state index contributed by atoms with van der Waals surface area (Å²) in [5, 5.41) is 7.58. The highest BCUT2D eigenvalue weighted by atomic mass is 32.2. The van der Waals surface area contributed by atoms with Crippen molar-refractivity contribution >= 4 is 21.9 Å². The van der Waals surface area contributed by atoms with Crippen molar-refractivity contribution in [3.8, 4) is 11.3 Å². The Morgan fingerprint density at radius 1 is 1.28 bits per heavy atom. The van der Waals surface area contributed by atoms with Crippen LogP contribution >= 0.6 is 0 Å². The van der Waals surface area contributed by atoms with Gasteiger partial charge in [0.05, 0.1) is 18.1 Å². The summed E-state index contributed by atoms with van der Waals surface area (Å²) in [5.41, 5.74) is 6.86. The number of nitrogens with two attached hydrogens (primary N) is 1. The molecule has 29 heavy (non-hydrogen) atoms. The number of rotatable bonds is 6. The fraction of sp³-hybridized carbons (Fsp3) is 0.556. The SMILES string of the molecule is Cc1cnc(NC2CCN(S(C)(=O)=O)CC2)nc1-c1cnn(C(C)(C)C(N)=O)c1.